The molecule has 19 heavy (non-hydrogen) atoms. The Morgan fingerprint density at radius 3 is 2.21 bits per heavy atom. The highest BCUT2D eigenvalue weighted by Gasteiger charge is 2.11. The zero-order chi connectivity index (χ0) is 13.7. The van der Waals surface area contributed by atoms with Gasteiger partial charge < -0.3 is 5.11 Å². The van der Waals surface area contributed by atoms with Crippen molar-refractivity contribution in [2.45, 2.75) is 11.3 Å². The van der Waals surface area contributed by atoms with Crippen molar-refractivity contribution in [2.24, 2.45) is 0 Å². The van der Waals surface area contributed by atoms with E-state index in [4.69, 9.17) is 5.11 Å². The zero-order valence-corrected chi connectivity index (χ0v) is 11.1. The van der Waals surface area contributed by atoms with Crippen LogP contribution >= 0.6 is 0 Å². The van der Waals surface area contributed by atoms with Crippen molar-refractivity contribution in [1.82, 2.24) is 4.72 Å². The number of aromatic hydroxyl groups is 1. The molecule has 2 N–H and O–H groups in total. The van der Waals surface area contributed by atoms with Crippen LogP contribution in [-0.4, -0.2) is 20.1 Å². The molecule has 0 atom stereocenters. The molecule has 0 saturated carbocycles. The van der Waals surface area contributed by atoms with E-state index in [1.54, 1.807) is 54.6 Å². The van der Waals surface area contributed by atoms with Crippen LogP contribution < -0.4 is 4.72 Å². The molecule has 2 aromatic rings. The second-order valence-electron chi connectivity index (χ2n) is 4.13. The maximum atomic E-state index is 11.9. The van der Waals surface area contributed by atoms with E-state index < -0.39 is 10.0 Å². The maximum Gasteiger partial charge on any atom is 0.240 e. The van der Waals surface area contributed by atoms with Gasteiger partial charge in [-0.15, -0.1) is 0 Å². The molecule has 4 nitrogen and oxygen atoms in total. The van der Waals surface area contributed by atoms with Gasteiger partial charge in [-0.3, -0.25) is 0 Å². The Hall–Kier alpha value is -1.85. The summed E-state index contributed by atoms with van der Waals surface area (Å²) < 4.78 is 26.4. The summed E-state index contributed by atoms with van der Waals surface area (Å²) in [7, 11) is -3.44. The summed E-state index contributed by atoms with van der Waals surface area (Å²) >= 11 is 0. The Morgan fingerprint density at radius 2 is 1.58 bits per heavy atom. The SMILES string of the molecule is O=S(=O)(NCCc1ccc(O)cc1)c1ccccc1. The zero-order valence-electron chi connectivity index (χ0n) is 10.3. The lowest BCUT2D eigenvalue weighted by Crippen LogP contribution is -2.25. The number of rotatable bonds is 5. The number of phenolic OH excluding ortho intramolecular Hbond substituents is 1. The van der Waals surface area contributed by atoms with E-state index in [0.717, 1.165) is 5.56 Å². The van der Waals surface area contributed by atoms with Crippen molar-refractivity contribution >= 4 is 10.0 Å². The minimum absolute atomic E-state index is 0.202. The third kappa shape index (κ3) is 3.81. The van der Waals surface area contributed by atoms with Crippen LogP contribution in [-0.2, 0) is 16.4 Å². The van der Waals surface area contributed by atoms with Gasteiger partial charge in [-0.05, 0) is 36.2 Å². The fourth-order valence-electron chi connectivity index (χ4n) is 1.68. The molecule has 0 spiro atoms. The Morgan fingerprint density at radius 1 is 0.947 bits per heavy atom. The Balaban J connectivity index is 1.94. The summed E-state index contributed by atoms with van der Waals surface area (Å²) in [6.45, 7) is 0.321. The van der Waals surface area contributed by atoms with E-state index in [1.807, 2.05) is 0 Å². The standard InChI is InChI=1S/C14H15NO3S/c16-13-8-6-12(7-9-13)10-11-15-19(17,18)14-4-2-1-3-5-14/h1-9,15-16H,10-11H2. The third-order valence-corrected chi connectivity index (χ3v) is 4.17. The first-order chi connectivity index (χ1) is 9.08. The fraction of sp³-hybridized carbons (Fsp3) is 0.143. The van der Waals surface area contributed by atoms with E-state index >= 15 is 0 Å². The van der Waals surface area contributed by atoms with Crippen molar-refractivity contribution in [3.63, 3.8) is 0 Å². The molecule has 0 aliphatic carbocycles. The summed E-state index contributed by atoms with van der Waals surface area (Å²) in [5.41, 5.74) is 0.966. The van der Waals surface area contributed by atoms with Crippen LogP contribution in [0.2, 0.25) is 0 Å². The number of sulfonamides is 1. The summed E-state index contributed by atoms with van der Waals surface area (Å²) in [6.07, 6.45) is 0.576. The molecule has 0 aromatic heterocycles. The average Bonchev–Trinajstić information content (AvgIpc) is 2.42. The van der Waals surface area contributed by atoms with Gasteiger partial charge in [0, 0.05) is 6.54 Å². The van der Waals surface area contributed by atoms with Gasteiger partial charge in [0.05, 0.1) is 4.90 Å². The molecule has 0 saturated heterocycles. The van der Waals surface area contributed by atoms with Gasteiger partial charge in [-0.1, -0.05) is 30.3 Å². The predicted molar refractivity (Wildman–Crippen MR) is 73.4 cm³/mol. The van der Waals surface area contributed by atoms with Gasteiger partial charge in [0.25, 0.3) is 0 Å². The van der Waals surface area contributed by atoms with Gasteiger partial charge in [0.1, 0.15) is 5.75 Å². The molecule has 2 aromatic carbocycles. The number of hydrogen-bond acceptors (Lipinski definition) is 3. The summed E-state index contributed by atoms with van der Waals surface area (Å²) in [6, 6.07) is 15.0. The molecule has 0 amide bonds. The average molecular weight is 277 g/mol. The van der Waals surface area contributed by atoms with Crippen LogP contribution in [0.15, 0.2) is 59.5 Å². The monoisotopic (exact) mass is 277 g/mol. The fourth-order valence-corrected chi connectivity index (χ4v) is 2.73. The molecule has 0 aliphatic heterocycles. The Kier molecular flexibility index (Phi) is 4.19. The van der Waals surface area contributed by atoms with Crippen molar-refractivity contribution in [3.8, 4) is 5.75 Å². The number of phenols is 1. The summed E-state index contributed by atoms with van der Waals surface area (Å²) in [5.74, 6) is 0.202. The van der Waals surface area contributed by atoms with Crippen molar-refractivity contribution in [1.29, 1.82) is 0 Å². The molecule has 0 bridgehead atoms. The number of benzene rings is 2. The lowest BCUT2D eigenvalue weighted by Gasteiger charge is -2.06. The first-order valence-electron chi connectivity index (χ1n) is 5.90. The van der Waals surface area contributed by atoms with E-state index in [1.165, 1.54) is 0 Å². The molecule has 100 valence electrons. The van der Waals surface area contributed by atoms with Crippen LogP contribution in [0.25, 0.3) is 0 Å². The second kappa shape index (κ2) is 5.86. The molecular formula is C14H15NO3S. The van der Waals surface area contributed by atoms with E-state index in [9.17, 15) is 8.42 Å². The molecule has 0 aliphatic rings. The maximum absolute atomic E-state index is 11.9. The van der Waals surface area contributed by atoms with Gasteiger partial charge in [-0.2, -0.15) is 0 Å². The van der Waals surface area contributed by atoms with Crippen LogP contribution in [0.1, 0.15) is 5.56 Å². The van der Waals surface area contributed by atoms with Gasteiger partial charge in [-0.25, -0.2) is 13.1 Å². The van der Waals surface area contributed by atoms with Crippen molar-refractivity contribution in [2.75, 3.05) is 6.54 Å². The van der Waals surface area contributed by atoms with E-state index in [0.29, 0.717) is 13.0 Å². The van der Waals surface area contributed by atoms with E-state index in [-0.39, 0.29) is 10.6 Å². The lowest BCUT2D eigenvalue weighted by atomic mass is 10.1. The van der Waals surface area contributed by atoms with Crippen molar-refractivity contribution < 1.29 is 13.5 Å². The molecule has 0 fully saturated rings. The van der Waals surface area contributed by atoms with Crippen LogP contribution in [0.3, 0.4) is 0 Å². The Labute approximate surface area is 112 Å². The van der Waals surface area contributed by atoms with Crippen molar-refractivity contribution in [3.05, 3.63) is 60.2 Å². The molecule has 5 heteroatoms. The molecular weight excluding hydrogens is 262 g/mol. The van der Waals surface area contributed by atoms with Gasteiger partial charge in [0.15, 0.2) is 0 Å². The largest absolute Gasteiger partial charge is 0.508 e. The van der Waals surface area contributed by atoms with Crippen LogP contribution in [0, 0.1) is 0 Å². The third-order valence-electron chi connectivity index (χ3n) is 2.70. The quantitative estimate of drug-likeness (QED) is 0.877. The summed E-state index contributed by atoms with van der Waals surface area (Å²) in [4.78, 5) is 0.265. The van der Waals surface area contributed by atoms with Gasteiger partial charge >= 0.3 is 0 Å². The molecule has 2 rings (SSSR count). The number of hydrogen-bond donors (Lipinski definition) is 2. The first-order valence-corrected chi connectivity index (χ1v) is 7.39. The highest BCUT2D eigenvalue weighted by molar-refractivity contribution is 7.89. The lowest BCUT2D eigenvalue weighted by molar-refractivity contribution is 0.475. The molecule has 0 unspecified atom stereocenters. The first kappa shape index (κ1) is 13.6. The van der Waals surface area contributed by atoms with Crippen LogP contribution in [0.5, 0.6) is 5.75 Å². The highest BCUT2D eigenvalue weighted by Crippen LogP contribution is 2.10. The predicted octanol–water partition coefficient (Wildman–Crippen LogP) is 1.91. The van der Waals surface area contributed by atoms with Crippen LogP contribution in [0.4, 0.5) is 0 Å². The number of nitrogens with one attached hydrogen (secondary N) is 1. The topological polar surface area (TPSA) is 66.4 Å². The molecule has 0 radical (unpaired) electrons. The van der Waals surface area contributed by atoms with Gasteiger partial charge in [0.2, 0.25) is 10.0 Å². The minimum Gasteiger partial charge on any atom is -0.508 e. The van der Waals surface area contributed by atoms with E-state index in [2.05, 4.69) is 4.72 Å². The second-order valence-corrected chi connectivity index (χ2v) is 5.89. The highest BCUT2D eigenvalue weighted by atomic mass is 32.2. The summed E-state index contributed by atoms with van der Waals surface area (Å²) in [5, 5.41) is 9.15. The minimum atomic E-state index is -3.44. The molecule has 0 heterocycles. The normalized spacial score (nSPS) is 11.4. The Bertz CT molecular complexity index is 622. The smallest absolute Gasteiger partial charge is 0.240 e.